The van der Waals surface area contributed by atoms with E-state index in [0.29, 0.717) is 29.5 Å². The van der Waals surface area contributed by atoms with Crippen molar-refractivity contribution < 1.29 is 23.1 Å². The number of ether oxygens (including phenoxy) is 1. The maximum atomic E-state index is 12.6. The Labute approximate surface area is 227 Å². The van der Waals surface area contributed by atoms with Gasteiger partial charge < -0.3 is 20.1 Å². The van der Waals surface area contributed by atoms with Gasteiger partial charge in [-0.1, -0.05) is 30.3 Å². The Bertz CT molecular complexity index is 1510. The molecule has 2 N–H and O–H groups in total. The number of benzene rings is 3. The molecule has 4 aromatic rings. The van der Waals surface area contributed by atoms with Gasteiger partial charge >= 0.3 is 6.03 Å². The van der Waals surface area contributed by atoms with Gasteiger partial charge in [0.2, 0.25) is 0 Å². The first-order valence-electron chi connectivity index (χ1n) is 12.6. The Morgan fingerprint density at radius 1 is 1.05 bits per heavy atom. The van der Waals surface area contributed by atoms with Crippen LogP contribution >= 0.6 is 0 Å². The summed E-state index contributed by atoms with van der Waals surface area (Å²) in [6.07, 6.45) is 3.67. The molecule has 0 unspecified atom stereocenters. The molecular weight excluding hydrogens is 516 g/mol. The molecular formula is C29H30N4O5S. The number of aliphatic hydroxyl groups is 1. The van der Waals surface area contributed by atoms with Crippen molar-refractivity contribution >= 4 is 21.6 Å². The molecule has 202 valence electrons. The highest BCUT2D eigenvalue weighted by atomic mass is 32.2. The number of aliphatic hydroxyl groups excluding tert-OH is 1. The molecule has 10 heteroatoms. The van der Waals surface area contributed by atoms with E-state index in [2.05, 4.69) is 27.3 Å². The van der Waals surface area contributed by atoms with Gasteiger partial charge in [-0.15, -0.1) is 0 Å². The maximum absolute atomic E-state index is 12.6. The molecule has 0 saturated carbocycles. The van der Waals surface area contributed by atoms with Gasteiger partial charge in [-0.2, -0.15) is 0 Å². The van der Waals surface area contributed by atoms with Crippen molar-refractivity contribution in [1.29, 1.82) is 0 Å². The van der Waals surface area contributed by atoms with Crippen molar-refractivity contribution in [2.75, 3.05) is 37.4 Å². The number of hydrogen-bond acceptors (Lipinski definition) is 7. The van der Waals surface area contributed by atoms with E-state index in [9.17, 15) is 18.3 Å². The van der Waals surface area contributed by atoms with Crippen LogP contribution in [-0.4, -0.2) is 61.6 Å². The fourth-order valence-corrected chi connectivity index (χ4v) is 5.09. The van der Waals surface area contributed by atoms with Crippen molar-refractivity contribution in [2.45, 2.75) is 11.0 Å². The number of sulfone groups is 1. The molecule has 1 fully saturated rings. The molecule has 3 aromatic carbocycles. The van der Waals surface area contributed by atoms with Gasteiger partial charge in [0.05, 0.1) is 17.2 Å². The predicted octanol–water partition coefficient (Wildman–Crippen LogP) is 3.76. The lowest BCUT2D eigenvalue weighted by atomic mass is 9.99. The van der Waals surface area contributed by atoms with Crippen LogP contribution in [0, 0.1) is 5.92 Å². The van der Waals surface area contributed by atoms with Crippen LogP contribution in [0.15, 0.2) is 96.3 Å². The third-order valence-corrected chi connectivity index (χ3v) is 7.84. The minimum Gasteiger partial charge on any atom is -0.483 e. The molecule has 9 nitrogen and oxygen atoms in total. The Hall–Kier alpha value is -4.15. The number of para-hydroxylation sites is 1. The second-order valence-electron chi connectivity index (χ2n) is 9.61. The van der Waals surface area contributed by atoms with E-state index in [1.54, 1.807) is 30.5 Å². The smallest absolute Gasteiger partial charge is 0.326 e. The van der Waals surface area contributed by atoms with Gasteiger partial charge in [0, 0.05) is 49.3 Å². The van der Waals surface area contributed by atoms with Crippen molar-refractivity contribution in [2.24, 2.45) is 5.92 Å². The van der Waals surface area contributed by atoms with Gasteiger partial charge in [-0.05, 0) is 54.1 Å². The summed E-state index contributed by atoms with van der Waals surface area (Å²) in [5, 5.41) is 12.8. The summed E-state index contributed by atoms with van der Waals surface area (Å²) >= 11 is 0. The summed E-state index contributed by atoms with van der Waals surface area (Å²) in [4.78, 5) is 19.5. The number of amides is 1. The van der Waals surface area contributed by atoms with E-state index in [0.717, 1.165) is 24.9 Å². The second-order valence-corrected chi connectivity index (χ2v) is 11.6. The summed E-state index contributed by atoms with van der Waals surface area (Å²) in [6.45, 7) is 2.16. The van der Waals surface area contributed by atoms with Gasteiger partial charge in [0.1, 0.15) is 18.2 Å². The third-order valence-electron chi connectivity index (χ3n) is 6.71. The number of hydrogen-bond donors (Lipinski definition) is 2. The number of nitrogens with one attached hydrogen (secondary N) is 1. The van der Waals surface area contributed by atoms with Gasteiger partial charge in [0.25, 0.3) is 0 Å². The number of imidazole rings is 1. The molecule has 0 bridgehead atoms. The topological polar surface area (TPSA) is 114 Å². The zero-order valence-electron chi connectivity index (χ0n) is 21.5. The highest BCUT2D eigenvalue weighted by molar-refractivity contribution is 7.90. The second kappa shape index (κ2) is 11.3. The highest BCUT2D eigenvalue weighted by Gasteiger charge is 2.27. The van der Waals surface area contributed by atoms with E-state index >= 15 is 0 Å². The summed E-state index contributed by atoms with van der Waals surface area (Å²) < 4.78 is 30.7. The standard InChI is InChI=1S/C29H30N4O5S/c1-39(36,37)26-13-9-23(10-14-26)28(19-34)38-25-11-7-22(8-12-25)27-18-33(20-31-27)29(35)30-15-21-16-32(17-21)24-5-3-2-4-6-24/h2-14,18,20-21,28,34H,15-17,19H2,1H3,(H,30,35)/t28-/m0/s1. The third kappa shape index (κ3) is 6.30. The zero-order chi connectivity index (χ0) is 27.4. The minimum atomic E-state index is -3.30. The normalized spacial score (nSPS) is 14.5. The van der Waals surface area contributed by atoms with Crippen molar-refractivity contribution in [3.8, 4) is 17.0 Å². The molecule has 1 saturated heterocycles. The SMILES string of the molecule is CS(=O)(=O)c1ccc([C@H](CO)Oc2ccc(-c3cn(C(=O)NCC4CN(c5ccccc5)C4)cn3)cc2)cc1. The summed E-state index contributed by atoms with van der Waals surface area (Å²) in [5.74, 6) is 0.942. The molecule has 39 heavy (non-hydrogen) atoms. The average molecular weight is 547 g/mol. The van der Waals surface area contributed by atoms with E-state index in [-0.39, 0.29) is 17.5 Å². The lowest BCUT2D eigenvalue weighted by molar-refractivity contribution is 0.116. The van der Waals surface area contributed by atoms with Crippen molar-refractivity contribution in [3.63, 3.8) is 0 Å². The lowest BCUT2D eigenvalue weighted by Crippen LogP contribution is -2.51. The van der Waals surface area contributed by atoms with Crippen molar-refractivity contribution in [1.82, 2.24) is 14.9 Å². The Morgan fingerprint density at radius 2 is 1.74 bits per heavy atom. The molecule has 0 radical (unpaired) electrons. The van der Waals surface area contributed by atoms with E-state index < -0.39 is 15.9 Å². The first kappa shape index (κ1) is 26.5. The first-order valence-corrected chi connectivity index (χ1v) is 14.5. The van der Waals surface area contributed by atoms with E-state index in [1.165, 1.54) is 28.7 Å². The number of rotatable bonds is 9. The zero-order valence-corrected chi connectivity index (χ0v) is 22.3. The van der Waals surface area contributed by atoms with Crippen LogP contribution in [0.25, 0.3) is 11.3 Å². The molecule has 1 aliphatic rings. The monoisotopic (exact) mass is 546 g/mol. The summed E-state index contributed by atoms with van der Waals surface area (Å²) in [6, 6.07) is 23.4. The Morgan fingerprint density at radius 3 is 2.38 bits per heavy atom. The number of carbonyl (C=O) groups is 1. The van der Waals surface area contributed by atoms with Crippen LogP contribution in [0.2, 0.25) is 0 Å². The van der Waals surface area contributed by atoms with Crippen LogP contribution in [0.4, 0.5) is 10.5 Å². The number of carbonyl (C=O) groups excluding carboxylic acids is 1. The molecule has 2 heterocycles. The molecule has 0 aliphatic carbocycles. The quantitative estimate of drug-likeness (QED) is 0.329. The number of nitrogens with zero attached hydrogens (tertiary/aromatic N) is 3. The highest BCUT2D eigenvalue weighted by Crippen LogP contribution is 2.26. The van der Waals surface area contributed by atoms with Crippen LogP contribution < -0.4 is 15.0 Å². The molecule has 5 rings (SSSR count). The summed E-state index contributed by atoms with van der Waals surface area (Å²) in [5.41, 5.74) is 3.31. The van der Waals surface area contributed by atoms with E-state index in [1.807, 2.05) is 30.3 Å². The van der Waals surface area contributed by atoms with Gasteiger partial charge in [-0.25, -0.2) is 18.2 Å². The Balaban J connectivity index is 1.14. The molecule has 1 aliphatic heterocycles. The minimum absolute atomic E-state index is 0.207. The number of anilines is 1. The number of aromatic nitrogens is 2. The van der Waals surface area contributed by atoms with Gasteiger partial charge in [-0.3, -0.25) is 4.57 Å². The molecule has 1 aromatic heterocycles. The van der Waals surface area contributed by atoms with Crippen LogP contribution in [0.5, 0.6) is 5.75 Å². The average Bonchev–Trinajstić information content (AvgIpc) is 3.42. The van der Waals surface area contributed by atoms with E-state index in [4.69, 9.17) is 4.74 Å². The fourth-order valence-electron chi connectivity index (χ4n) is 4.46. The Kier molecular flexibility index (Phi) is 7.67. The lowest BCUT2D eigenvalue weighted by Gasteiger charge is -2.41. The first-order chi connectivity index (χ1) is 18.8. The van der Waals surface area contributed by atoms with Gasteiger partial charge in [0.15, 0.2) is 9.84 Å². The largest absolute Gasteiger partial charge is 0.483 e. The van der Waals surface area contributed by atoms with Crippen molar-refractivity contribution in [3.05, 3.63) is 97.0 Å². The van der Waals surface area contributed by atoms with Crippen LogP contribution in [0.1, 0.15) is 11.7 Å². The molecule has 1 atom stereocenters. The summed E-state index contributed by atoms with van der Waals surface area (Å²) in [7, 11) is -3.30. The van der Waals surface area contributed by atoms with Crippen LogP contribution in [0.3, 0.4) is 0 Å². The predicted molar refractivity (Wildman–Crippen MR) is 149 cm³/mol. The molecule has 0 spiro atoms. The maximum Gasteiger partial charge on any atom is 0.326 e. The molecule has 1 amide bonds. The van der Waals surface area contributed by atoms with Crippen LogP contribution in [-0.2, 0) is 9.84 Å². The fraction of sp³-hybridized carbons (Fsp3) is 0.241.